The summed E-state index contributed by atoms with van der Waals surface area (Å²) in [4.78, 5) is 25.0. The van der Waals surface area contributed by atoms with Crippen molar-refractivity contribution >= 4 is 28.4 Å². The highest BCUT2D eigenvalue weighted by Crippen LogP contribution is 2.29. The van der Waals surface area contributed by atoms with E-state index in [0.717, 1.165) is 37.5 Å². The number of amides is 1. The van der Waals surface area contributed by atoms with Gasteiger partial charge >= 0.3 is 5.97 Å². The van der Waals surface area contributed by atoms with Crippen LogP contribution in [0, 0.1) is 12.8 Å². The first-order valence-electron chi connectivity index (χ1n) is 6.67. The van der Waals surface area contributed by atoms with Gasteiger partial charge in [0.25, 0.3) is 0 Å². The fourth-order valence-corrected chi connectivity index (χ4v) is 3.28. The van der Waals surface area contributed by atoms with Gasteiger partial charge in [0, 0.05) is 13.5 Å². The molecule has 1 amide bonds. The molecular formula is C13H19N3O3S. The number of nitrogens with one attached hydrogen (secondary N) is 1. The number of piperidine rings is 1. The number of carboxylic acids is 1. The zero-order chi connectivity index (χ0) is 14.7. The molecule has 1 aromatic heterocycles. The van der Waals surface area contributed by atoms with Crippen molar-refractivity contribution in [2.24, 2.45) is 5.92 Å². The van der Waals surface area contributed by atoms with E-state index in [1.54, 1.807) is 14.0 Å². The van der Waals surface area contributed by atoms with E-state index < -0.39 is 5.97 Å². The van der Waals surface area contributed by atoms with Crippen LogP contribution in [0.3, 0.4) is 0 Å². The molecule has 1 aromatic rings. The quantitative estimate of drug-likeness (QED) is 0.880. The van der Waals surface area contributed by atoms with Crippen LogP contribution in [-0.4, -0.2) is 41.5 Å². The van der Waals surface area contributed by atoms with Crippen molar-refractivity contribution < 1.29 is 14.7 Å². The molecule has 0 aromatic carbocycles. The van der Waals surface area contributed by atoms with Gasteiger partial charge in [-0.25, -0.2) is 4.79 Å². The summed E-state index contributed by atoms with van der Waals surface area (Å²) >= 11 is 1.06. The first-order chi connectivity index (χ1) is 9.50. The SMILES string of the molecule is Cc1nsc(N(C)C(=O)CC2CCNCC2)c1C(=O)O. The number of aromatic carboxylic acids is 1. The summed E-state index contributed by atoms with van der Waals surface area (Å²) in [5.41, 5.74) is 0.593. The van der Waals surface area contributed by atoms with Crippen LogP contribution < -0.4 is 10.2 Å². The highest BCUT2D eigenvalue weighted by molar-refractivity contribution is 7.11. The Morgan fingerprint density at radius 2 is 2.10 bits per heavy atom. The third kappa shape index (κ3) is 3.16. The lowest BCUT2D eigenvalue weighted by molar-refractivity contribution is -0.119. The molecule has 2 N–H and O–H groups in total. The molecule has 0 atom stereocenters. The van der Waals surface area contributed by atoms with Crippen LogP contribution in [0.15, 0.2) is 0 Å². The van der Waals surface area contributed by atoms with Gasteiger partial charge in [0.05, 0.1) is 5.69 Å². The number of rotatable bonds is 4. The second kappa shape index (κ2) is 6.32. The number of carbonyl (C=O) groups excluding carboxylic acids is 1. The fraction of sp³-hybridized carbons (Fsp3) is 0.615. The number of nitrogens with zero attached hydrogens (tertiary/aromatic N) is 2. The molecule has 6 nitrogen and oxygen atoms in total. The normalized spacial score (nSPS) is 16.1. The van der Waals surface area contributed by atoms with Gasteiger partial charge in [0.2, 0.25) is 5.91 Å². The molecule has 1 saturated heterocycles. The minimum Gasteiger partial charge on any atom is -0.478 e. The van der Waals surface area contributed by atoms with Crippen LogP contribution in [0.2, 0.25) is 0 Å². The predicted molar refractivity (Wildman–Crippen MR) is 77.4 cm³/mol. The van der Waals surface area contributed by atoms with E-state index in [0.29, 0.717) is 23.0 Å². The zero-order valence-corrected chi connectivity index (χ0v) is 12.5. The van der Waals surface area contributed by atoms with Gasteiger partial charge in [-0.3, -0.25) is 4.79 Å². The summed E-state index contributed by atoms with van der Waals surface area (Å²) in [5.74, 6) is -0.690. The first kappa shape index (κ1) is 14.9. The Balaban J connectivity index is 2.08. The maximum absolute atomic E-state index is 12.3. The van der Waals surface area contributed by atoms with Gasteiger partial charge in [-0.1, -0.05) is 0 Å². The van der Waals surface area contributed by atoms with Gasteiger partial charge in [0.15, 0.2) is 0 Å². The van der Waals surface area contributed by atoms with E-state index in [9.17, 15) is 14.7 Å². The van der Waals surface area contributed by atoms with Crippen molar-refractivity contribution in [3.63, 3.8) is 0 Å². The summed E-state index contributed by atoms with van der Waals surface area (Å²) in [7, 11) is 1.63. The van der Waals surface area contributed by atoms with Crippen LogP contribution in [0.1, 0.15) is 35.3 Å². The summed E-state index contributed by atoms with van der Waals surface area (Å²) in [6, 6.07) is 0. The molecule has 0 unspecified atom stereocenters. The van der Waals surface area contributed by atoms with Gasteiger partial charge < -0.3 is 15.3 Å². The van der Waals surface area contributed by atoms with Crippen LogP contribution in [0.5, 0.6) is 0 Å². The van der Waals surface area contributed by atoms with Crippen molar-refractivity contribution in [3.8, 4) is 0 Å². The van der Waals surface area contributed by atoms with Gasteiger partial charge in [-0.15, -0.1) is 0 Å². The van der Waals surface area contributed by atoms with E-state index in [4.69, 9.17) is 0 Å². The molecule has 110 valence electrons. The van der Waals surface area contributed by atoms with E-state index >= 15 is 0 Å². The molecule has 20 heavy (non-hydrogen) atoms. The molecule has 1 aliphatic rings. The average molecular weight is 297 g/mol. The summed E-state index contributed by atoms with van der Waals surface area (Å²) < 4.78 is 4.05. The molecule has 0 spiro atoms. The molecule has 0 saturated carbocycles. The lowest BCUT2D eigenvalue weighted by Crippen LogP contribution is -2.33. The van der Waals surface area contributed by atoms with Crippen molar-refractivity contribution in [2.75, 3.05) is 25.0 Å². The highest BCUT2D eigenvalue weighted by Gasteiger charge is 2.25. The van der Waals surface area contributed by atoms with Gasteiger partial charge in [-0.05, 0) is 50.3 Å². The predicted octanol–water partition coefficient (Wildman–Crippen LogP) is 1.50. The van der Waals surface area contributed by atoms with Crippen molar-refractivity contribution in [1.82, 2.24) is 9.69 Å². The third-order valence-electron chi connectivity index (χ3n) is 3.66. The maximum Gasteiger partial charge on any atom is 0.340 e. The number of carbonyl (C=O) groups is 2. The molecule has 0 aliphatic carbocycles. The monoisotopic (exact) mass is 297 g/mol. The molecule has 7 heteroatoms. The standard InChI is InChI=1S/C13H19N3O3S/c1-8-11(13(18)19)12(20-15-8)16(2)10(17)7-9-3-5-14-6-4-9/h9,14H,3-7H2,1-2H3,(H,18,19). The summed E-state index contributed by atoms with van der Waals surface area (Å²) in [6.45, 7) is 3.54. The van der Waals surface area contributed by atoms with Gasteiger partial charge in [-0.2, -0.15) is 4.37 Å². The fourth-order valence-electron chi connectivity index (χ4n) is 2.42. The molecule has 2 heterocycles. The second-order valence-corrected chi connectivity index (χ2v) is 5.86. The highest BCUT2D eigenvalue weighted by atomic mass is 32.1. The molecule has 1 fully saturated rings. The van der Waals surface area contributed by atoms with E-state index in [1.807, 2.05) is 0 Å². The molecule has 0 radical (unpaired) electrons. The van der Waals surface area contributed by atoms with Crippen LogP contribution in [-0.2, 0) is 4.79 Å². The molecule has 1 aliphatic heterocycles. The second-order valence-electron chi connectivity index (χ2n) is 5.10. The number of anilines is 1. The summed E-state index contributed by atoms with van der Waals surface area (Å²) in [6.07, 6.45) is 2.45. The number of hydrogen-bond donors (Lipinski definition) is 2. The molecule has 0 bridgehead atoms. The van der Waals surface area contributed by atoms with E-state index in [2.05, 4.69) is 9.69 Å². The Hall–Kier alpha value is -1.47. The van der Waals surface area contributed by atoms with E-state index in [1.165, 1.54) is 4.90 Å². The Kier molecular flexibility index (Phi) is 4.72. The Morgan fingerprint density at radius 1 is 1.45 bits per heavy atom. The van der Waals surface area contributed by atoms with Gasteiger partial charge in [0.1, 0.15) is 10.6 Å². The van der Waals surface area contributed by atoms with Crippen molar-refractivity contribution in [3.05, 3.63) is 11.3 Å². The lowest BCUT2D eigenvalue weighted by Gasteiger charge is -2.24. The van der Waals surface area contributed by atoms with Crippen molar-refractivity contribution in [2.45, 2.75) is 26.2 Å². The third-order valence-corrected chi connectivity index (χ3v) is 4.68. The first-order valence-corrected chi connectivity index (χ1v) is 7.45. The minimum atomic E-state index is -1.03. The minimum absolute atomic E-state index is 0.0388. The Bertz CT molecular complexity index is 509. The number of aromatic nitrogens is 1. The van der Waals surface area contributed by atoms with E-state index in [-0.39, 0.29) is 11.5 Å². The zero-order valence-electron chi connectivity index (χ0n) is 11.7. The smallest absolute Gasteiger partial charge is 0.340 e. The lowest BCUT2D eigenvalue weighted by atomic mass is 9.94. The number of carboxylic acid groups (broad SMARTS) is 1. The largest absolute Gasteiger partial charge is 0.478 e. The number of hydrogen-bond acceptors (Lipinski definition) is 5. The maximum atomic E-state index is 12.3. The van der Waals surface area contributed by atoms with Crippen LogP contribution >= 0.6 is 11.5 Å². The van der Waals surface area contributed by atoms with Crippen LogP contribution in [0.25, 0.3) is 0 Å². The Morgan fingerprint density at radius 3 is 2.70 bits per heavy atom. The average Bonchev–Trinajstić information content (AvgIpc) is 2.81. The van der Waals surface area contributed by atoms with Crippen LogP contribution in [0.4, 0.5) is 5.00 Å². The number of aryl methyl sites for hydroxylation is 1. The summed E-state index contributed by atoms with van der Waals surface area (Å²) in [5, 5.41) is 12.9. The molecular weight excluding hydrogens is 278 g/mol. The topological polar surface area (TPSA) is 82.5 Å². The molecule has 2 rings (SSSR count). The Labute approximate surface area is 122 Å². The van der Waals surface area contributed by atoms with Crippen molar-refractivity contribution in [1.29, 1.82) is 0 Å².